The highest BCUT2D eigenvalue weighted by atomic mass is 16.6. The number of aromatic nitrogens is 1. The first-order valence-electron chi connectivity index (χ1n) is 5.01. The summed E-state index contributed by atoms with van der Waals surface area (Å²) in [6, 6.07) is 3.10. The van der Waals surface area contributed by atoms with Gasteiger partial charge in [-0.2, -0.15) is 0 Å². The lowest BCUT2D eigenvalue weighted by Crippen LogP contribution is -2.04. The second-order valence-electron chi connectivity index (χ2n) is 3.73. The fourth-order valence-corrected chi connectivity index (χ4v) is 1.88. The van der Waals surface area contributed by atoms with Crippen molar-refractivity contribution in [2.45, 2.75) is 31.8 Å². The summed E-state index contributed by atoms with van der Waals surface area (Å²) < 4.78 is 0. The van der Waals surface area contributed by atoms with E-state index in [1.165, 1.54) is 6.07 Å². The largest absolute Gasteiger partial charge is 0.384 e. The highest BCUT2D eigenvalue weighted by Gasteiger charge is 2.24. The van der Waals surface area contributed by atoms with Gasteiger partial charge in [-0.1, -0.05) is 6.42 Å². The van der Waals surface area contributed by atoms with Crippen molar-refractivity contribution in [1.29, 1.82) is 0 Å². The van der Waals surface area contributed by atoms with Crippen LogP contribution in [0.4, 0.5) is 5.82 Å². The van der Waals surface area contributed by atoms with Gasteiger partial charge in [0.25, 0.3) is 0 Å². The number of pyridine rings is 1. The molecule has 1 heterocycles. The monoisotopic (exact) mass is 208 g/mol. The van der Waals surface area contributed by atoms with Crippen molar-refractivity contribution in [3.63, 3.8) is 0 Å². The third kappa shape index (κ3) is 1.97. The Bertz CT molecular complexity index is 392. The molecule has 0 aliphatic heterocycles. The summed E-state index contributed by atoms with van der Waals surface area (Å²) in [6.45, 7) is 0. The predicted molar refractivity (Wildman–Crippen MR) is 53.4 cm³/mol. The van der Waals surface area contributed by atoms with E-state index in [1.807, 2.05) is 0 Å². The molecule has 1 atom stereocenters. The van der Waals surface area contributed by atoms with Gasteiger partial charge in [0.1, 0.15) is 6.10 Å². The molecule has 0 bridgehead atoms. The molecule has 15 heavy (non-hydrogen) atoms. The molecular weight excluding hydrogens is 196 g/mol. The number of hydrogen-bond donors (Lipinski definition) is 1. The van der Waals surface area contributed by atoms with E-state index in [2.05, 4.69) is 4.98 Å². The van der Waals surface area contributed by atoms with E-state index in [-0.39, 0.29) is 5.82 Å². The summed E-state index contributed by atoms with van der Waals surface area (Å²) in [5, 5.41) is 20.3. The molecule has 1 aromatic rings. The first-order chi connectivity index (χ1) is 7.18. The van der Waals surface area contributed by atoms with E-state index in [4.69, 9.17) is 0 Å². The lowest BCUT2D eigenvalue weighted by Gasteiger charge is -2.05. The quantitative estimate of drug-likeness (QED) is 0.433. The van der Waals surface area contributed by atoms with Gasteiger partial charge in [-0.05, 0) is 35.2 Å². The molecule has 5 nitrogen and oxygen atoms in total. The van der Waals surface area contributed by atoms with Gasteiger partial charge in [0.15, 0.2) is 5.69 Å². The van der Waals surface area contributed by atoms with E-state index < -0.39 is 11.0 Å². The number of rotatable bonds is 1. The lowest BCUT2D eigenvalue weighted by atomic mass is 10.1. The molecule has 0 saturated carbocycles. The lowest BCUT2D eigenvalue weighted by molar-refractivity contribution is -0.389. The highest BCUT2D eigenvalue weighted by molar-refractivity contribution is 5.31. The Balaban J connectivity index is 2.44. The third-order valence-corrected chi connectivity index (χ3v) is 2.67. The Hall–Kier alpha value is -1.49. The standard InChI is InChI=1S/C10H12N2O3/c13-8-4-2-1-3-7-5-6-9(12(14)15)11-10(7)8/h5-6,8,13H,1-4H2. The average molecular weight is 208 g/mol. The topological polar surface area (TPSA) is 76.3 Å². The maximum absolute atomic E-state index is 10.5. The van der Waals surface area contributed by atoms with Crippen LogP contribution in [0.3, 0.4) is 0 Å². The summed E-state index contributed by atoms with van der Waals surface area (Å²) in [5.41, 5.74) is 1.42. The molecule has 1 aliphatic rings. The number of aryl methyl sites for hydroxylation is 1. The molecule has 0 saturated heterocycles. The first kappa shape index (κ1) is 10.0. The fourth-order valence-electron chi connectivity index (χ4n) is 1.88. The Kier molecular flexibility index (Phi) is 2.64. The van der Waals surface area contributed by atoms with Gasteiger partial charge >= 0.3 is 5.82 Å². The minimum Gasteiger partial charge on any atom is -0.384 e. The minimum absolute atomic E-state index is 0.185. The molecule has 1 N–H and O–H groups in total. The van der Waals surface area contributed by atoms with E-state index in [0.29, 0.717) is 12.1 Å². The van der Waals surface area contributed by atoms with Crippen LogP contribution in [0, 0.1) is 10.1 Å². The number of fused-ring (bicyclic) bond motifs is 1. The van der Waals surface area contributed by atoms with Crippen LogP contribution in [-0.2, 0) is 6.42 Å². The molecule has 0 radical (unpaired) electrons. The Labute approximate surface area is 86.9 Å². The summed E-state index contributed by atoms with van der Waals surface area (Å²) in [4.78, 5) is 13.9. The molecule has 1 aromatic heterocycles. The van der Waals surface area contributed by atoms with Crippen molar-refractivity contribution < 1.29 is 10.0 Å². The number of aliphatic hydroxyl groups excluding tert-OH is 1. The third-order valence-electron chi connectivity index (χ3n) is 2.67. The predicted octanol–water partition coefficient (Wildman–Crippen LogP) is 1.75. The number of aliphatic hydroxyl groups is 1. The summed E-state index contributed by atoms with van der Waals surface area (Å²) >= 11 is 0. The van der Waals surface area contributed by atoms with Crippen LogP contribution in [0.25, 0.3) is 0 Å². The maximum atomic E-state index is 10.5. The second-order valence-corrected chi connectivity index (χ2v) is 3.73. The van der Waals surface area contributed by atoms with Gasteiger partial charge in [-0.25, -0.2) is 0 Å². The molecule has 0 amide bonds. The van der Waals surface area contributed by atoms with Crippen molar-refractivity contribution >= 4 is 5.82 Å². The molecule has 0 aromatic carbocycles. The van der Waals surface area contributed by atoms with Gasteiger partial charge < -0.3 is 15.2 Å². The second kappa shape index (κ2) is 3.94. The minimum atomic E-state index is -0.651. The van der Waals surface area contributed by atoms with E-state index in [9.17, 15) is 15.2 Å². The van der Waals surface area contributed by atoms with E-state index in [1.54, 1.807) is 6.07 Å². The number of nitro groups is 1. The van der Waals surface area contributed by atoms with Crippen LogP contribution in [-0.4, -0.2) is 15.0 Å². The fraction of sp³-hybridized carbons (Fsp3) is 0.500. The zero-order valence-corrected chi connectivity index (χ0v) is 8.22. The van der Waals surface area contributed by atoms with Gasteiger partial charge in [-0.3, -0.25) is 0 Å². The van der Waals surface area contributed by atoms with Gasteiger partial charge in [0, 0.05) is 11.6 Å². The van der Waals surface area contributed by atoms with Crippen LogP contribution in [0.5, 0.6) is 0 Å². The average Bonchev–Trinajstić information content (AvgIpc) is 2.40. The van der Waals surface area contributed by atoms with Crippen LogP contribution in [0.1, 0.15) is 36.6 Å². The Morgan fingerprint density at radius 3 is 3.00 bits per heavy atom. The van der Waals surface area contributed by atoms with Crippen molar-refractivity contribution in [2.75, 3.05) is 0 Å². The number of nitrogens with zero attached hydrogens (tertiary/aromatic N) is 2. The van der Waals surface area contributed by atoms with Crippen LogP contribution in [0.15, 0.2) is 12.1 Å². The van der Waals surface area contributed by atoms with Crippen LogP contribution in [0.2, 0.25) is 0 Å². The van der Waals surface area contributed by atoms with Crippen molar-refractivity contribution in [3.05, 3.63) is 33.5 Å². The summed E-state index contributed by atoms with van der Waals surface area (Å²) in [5.74, 6) is -0.185. The van der Waals surface area contributed by atoms with E-state index >= 15 is 0 Å². The molecule has 80 valence electrons. The molecule has 0 fully saturated rings. The summed E-state index contributed by atoms with van der Waals surface area (Å²) in [7, 11) is 0. The van der Waals surface area contributed by atoms with Crippen molar-refractivity contribution in [3.8, 4) is 0 Å². The number of hydrogen-bond acceptors (Lipinski definition) is 4. The smallest absolute Gasteiger partial charge is 0.363 e. The zero-order chi connectivity index (χ0) is 10.8. The van der Waals surface area contributed by atoms with Crippen molar-refractivity contribution in [2.24, 2.45) is 0 Å². The van der Waals surface area contributed by atoms with Crippen LogP contribution < -0.4 is 0 Å². The molecule has 5 heteroatoms. The highest BCUT2D eigenvalue weighted by Crippen LogP contribution is 2.28. The molecule has 1 aliphatic carbocycles. The Morgan fingerprint density at radius 1 is 1.47 bits per heavy atom. The van der Waals surface area contributed by atoms with Crippen LogP contribution >= 0.6 is 0 Å². The summed E-state index contributed by atoms with van der Waals surface area (Å²) in [6.07, 6.45) is 2.77. The Morgan fingerprint density at radius 2 is 2.27 bits per heavy atom. The van der Waals surface area contributed by atoms with Gasteiger partial charge in [0.05, 0.1) is 0 Å². The zero-order valence-electron chi connectivity index (χ0n) is 8.22. The van der Waals surface area contributed by atoms with Gasteiger partial charge in [-0.15, -0.1) is 0 Å². The normalized spacial score (nSPS) is 20.5. The van der Waals surface area contributed by atoms with E-state index in [0.717, 1.165) is 24.8 Å². The molecule has 2 rings (SSSR count). The molecule has 0 spiro atoms. The van der Waals surface area contributed by atoms with Gasteiger partial charge in [0.2, 0.25) is 0 Å². The SMILES string of the molecule is O=[N+]([O-])c1ccc2c(n1)C(O)CCCC2. The maximum Gasteiger partial charge on any atom is 0.363 e. The molecular formula is C10H12N2O3. The first-order valence-corrected chi connectivity index (χ1v) is 5.01. The van der Waals surface area contributed by atoms with Crippen molar-refractivity contribution in [1.82, 2.24) is 4.98 Å². The molecule has 1 unspecified atom stereocenters.